The summed E-state index contributed by atoms with van der Waals surface area (Å²) in [6.45, 7) is 0. The lowest BCUT2D eigenvalue weighted by molar-refractivity contribution is -0.110. The fourth-order valence-electron chi connectivity index (χ4n) is 2.98. The average Bonchev–Trinajstić information content (AvgIpc) is 3.08. The number of benzene rings is 2. The zero-order valence-corrected chi connectivity index (χ0v) is 14.1. The number of sulfonamides is 1. The van der Waals surface area contributed by atoms with Gasteiger partial charge in [-0.3, -0.25) is 9.52 Å². The molecule has 0 aliphatic carbocycles. The number of anilines is 2. The minimum absolute atomic E-state index is 0.152. The van der Waals surface area contributed by atoms with E-state index >= 15 is 0 Å². The van der Waals surface area contributed by atoms with Gasteiger partial charge in [0.2, 0.25) is 10.0 Å². The van der Waals surface area contributed by atoms with E-state index in [9.17, 15) is 13.2 Å². The van der Waals surface area contributed by atoms with Crippen molar-refractivity contribution in [3.63, 3.8) is 0 Å². The van der Waals surface area contributed by atoms with Crippen molar-refractivity contribution in [2.75, 3.05) is 16.3 Å². The standard InChI is InChI=1S/C18H15N3O3S/c1-25(23,24)21-12-6-7-16-14(9-12)11(10-19-16)8-15-13-4-2-3-5-17(13)20-18(15)22/h2-10,19,21H,1H3,(H,20,22). The van der Waals surface area contributed by atoms with E-state index in [-0.39, 0.29) is 5.91 Å². The number of H-pyrrole nitrogens is 1. The van der Waals surface area contributed by atoms with Gasteiger partial charge < -0.3 is 10.3 Å². The number of nitrogens with one attached hydrogen (secondary N) is 3. The molecule has 126 valence electrons. The summed E-state index contributed by atoms with van der Waals surface area (Å²) in [6, 6.07) is 12.7. The van der Waals surface area contributed by atoms with Crippen LogP contribution in [0.1, 0.15) is 11.1 Å². The van der Waals surface area contributed by atoms with Gasteiger partial charge in [-0.2, -0.15) is 0 Å². The first-order valence-corrected chi connectivity index (χ1v) is 9.51. The molecule has 0 fully saturated rings. The van der Waals surface area contributed by atoms with Crippen LogP contribution in [0, 0.1) is 0 Å². The van der Waals surface area contributed by atoms with Crippen molar-refractivity contribution >= 4 is 49.9 Å². The molecule has 6 nitrogen and oxygen atoms in total. The van der Waals surface area contributed by atoms with Crippen molar-refractivity contribution in [2.24, 2.45) is 0 Å². The van der Waals surface area contributed by atoms with E-state index < -0.39 is 10.0 Å². The molecule has 7 heteroatoms. The van der Waals surface area contributed by atoms with Crippen molar-refractivity contribution in [1.29, 1.82) is 0 Å². The SMILES string of the molecule is CS(=O)(=O)Nc1ccc2[nH]cc(C=C3C(=O)Nc4ccccc43)c2c1. The number of carbonyl (C=O) groups is 1. The highest BCUT2D eigenvalue weighted by Gasteiger charge is 2.23. The number of aromatic amines is 1. The molecule has 0 bridgehead atoms. The molecule has 0 saturated heterocycles. The topological polar surface area (TPSA) is 91.1 Å². The maximum atomic E-state index is 12.3. The Balaban J connectivity index is 1.82. The Morgan fingerprint density at radius 3 is 2.72 bits per heavy atom. The first-order valence-electron chi connectivity index (χ1n) is 7.62. The third kappa shape index (κ3) is 2.89. The Kier molecular flexibility index (Phi) is 3.40. The van der Waals surface area contributed by atoms with Crippen LogP contribution in [0.15, 0.2) is 48.7 Å². The molecule has 0 atom stereocenters. The van der Waals surface area contributed by atoms with Crippen molar-refractivity contribution in [3.8, 4) is 0 Å². The fourth-order valence-corrected chi connectivity index (χ4v) is 3.53. The van der Waals surface area contributed by atoms with Gasteiger partial charge in [-0.25, -0.2) is 8.42 Å². The molecular weight excluding hydrogens is 338 g/mol. The third-order valence-electron chi connectivity index (χ3n) is 4.03. The number of fused-ring (bicyclic) bond motifs is 2. The summed E-state index contributed by atoms with van der Waals surface area (Å²) in [5, 5.41) is 3.67. The van der Waals surface area contributed by atoms with Crippen LogP contribution >= 0.6 is 0 Å². The number of hydrogen-bond donors (Lipinski definition) is 3. The lowest BCUT2D eigenvalue weighted by Gasteiger charge is -2.04. The highest BCUT2D eigenvalue weighted by Crippen LogP contribution is 2.34. The van der Waals surface area contributed by atoms with Crippen molar-refractivity contribution in [1.82, 2.24) is 4.98 Å². The molecule has 0 saturated carbocycles. The van der Waals surface area contributed by atoms with E-state index in [4.69, 9.17) is 0 Å². The molecule has 3 N–H and O–H groups in total. The van der Waals surface area contributed by atoms with Gasteiger partial charge in [-0.05, 0) is 30.3 Å². The molecule has 3 aromatic rings. The lowest BCUT2D eigenvalue weighted by atomic mass is 10.0. The second kappa shape index (κ2) is 5.49. The van der Waals surface area contributed by atoms with Crippen LogP contribution in [0.5, 0.6) is 0 Å². The molecule has 25 heavy (non-hydrogen) atoms. The second-order valence-electron chi connectivity index (χ2n) is 5.94. The number of para-hydroxylation sites is 1. The molecule has 1 aliphatic rings. The van der Waals surface area contributed by atoms with Gasteiger partial charge >= 0.3 is 0 Å². The van der Waals surface area contributed by atoms with E-state index in [0.717, 1.165) is 34.0 Å². The van der Waals surface area contributed by atoms with Crippen LogP contribution in [0.2, 0.25) is 0 Å². The molecule has 0 spiro atoms. The van der Waals surface area contributed by atoms with Crippen LogP contribution < -0.4 is 10.0 Å². The molecule has 0 radical (unpaired) electrons. The number of rotatable bonds is 3. The number of amides is 1. The smallest absolute Gasteiger partial charge is 0.256 e. The monoisotopic (exact) mass is 353 g/mol. The summed E-state index contributed by atoms with van der Waals surface area (Å²) in [6.07, 6.45) is 4.72. The number of carbonyl (C=O) groups excluding carboxylic acids is 1. The quantitative estimate of drug-likeness (QED) is 0.632. The molecular formula is C18H15N3O3S. The van der Waals surface area contributed by atoms with Gasteiger partial charge in [-0.15, -0.1) is 0 Å². The van der Waals surface area contributed by atoms with Gasteiger partial charge in [0.1, 0.15) is 0 Å². The van der Waals surface area contributed by atoms with Gasteiger partial charge in [0.05, 0.1) is 6.26 Å². The summed E-state index contributed by atoms with van der Waals surface area (Å²) in [7, 11) is -3.35. The molecule has 2 heterocycles. The Morgan fingerprint density at radius 2 is 1.92 bits per heavy atom. The summed E-state index contributed by atoms with van der Waals surface area (Å²) in [5.74, 6) is -0.152. The van der Waals surface area contributed by atoms with Crippen molar-refractivity contribution < 1.29 is 13.2 Å². The Hall–Kier alpha value is -3.06. The molecule has 1 aliphatic heterocycles. The largest absolute Gasteiger partial charge is 0.361 e. The van der Waals surface area contributed by atoms with Gasteiger partial charge in [0, 0.05) is 45.2 Å². The van der Waals surface area contributed by atoms with E-state index in [2.05, 4.69) is 15.0 Å². The fraction of sp³-hybridized carbons (Fsp3) is 0.0556. The first-order chi connectivity index (χ1) is 11.9. The van der Waals surface area contributed by atoms with E-state index in [1.54, 1.807) is 24.4 Å². The number of hydrogen-bond acceptors (Lipinski definition) is 3. The molecule has 1 amide bonds. The average molecular weight is 353 g/mol. The Morgan fingerprint density at radius 1 is 1.12 bits per heavy atom. The summed E-state index contributed by atoms with van der Waals surface area (Å²) in [4.78, 5) is 15.4. The van der Waals surface area contributed by atoms with Crippen LogP contribution in [-0.4, -0.2) is 25.6 Å². The molecule has 0 unspecified atom stereocenters. The normalized spacial score (nSPS) is 15.4. The zero-order valence-electron chi connectivity index (χ0n) is 13.3. The first kappa shape index (κ1) is 15.5. The zero-order chi connectivity index (χ0) is 17.6. The van der Waals surface area contributed by atoms with E-state index in [1.165, 1.54) is 0 Å². The van der Waals surface area contributed by atoms with Crippen LogP contribution in [-0.2, 0) is 14.8 Å². The Bertz CT molecular complexity index is 1140. The molecule has 2 aromatic carbocycles. The number of aromatic nitrogens is 1. The predicted molar refractivity (Wildman–Crippen MR) is 99.7 cm³/mol. The maximum absolute atomic E-state index is 12.3. The van der Waals surface area contributed by atoms with Crippen LogP contribution in [0.4, 0.5) is 11.4 Å². The minimum Gasteiger partial charge on any atom is -0.361 e. The lowest BCUT2D eigenvalue weighted by Crippen LogP contribution is -2.09. The third-order valence-corrected chi connectivity index (χ3v) is 4.63. The summed E-state index contributed by atoms with van der Waals surface area (Å²) >= 11 is 0. The minimum atomic E-state index is -3.35. The molecule has 1 aromatic heterocycles. The van der Waals surface area contributed by atoms with Crippen molar-refractivity contribution in [2.45, 2.75) is 0 Å². The Labute approximate surface area is 144 Å². The summed E-state index contributed by atoms with van der Waals surface area (Å²) < 4.78 is 25.3. The summed E-state index contributed by atoms with van der Waals surface area (Å²) in [5.41, 5.74) is 4.38. The van der Waals surface area contributed by atoms with E-state index in [1.807, 2.05) is 30.3 Å². The van der Waals surface area contributed by atoms with Crippen molar-refractivity contribution in [3.05, 3.63) is 59.8 Å². The highest BCUT2D eigenvalue weighted by molar-refractivity contribution is 7.92. The van der Waals surface area contributed by atoms with Gasteiger partial charge in [0.15, 0.2) is 0 Å². The second-order valence-corrected chi connectivity index (χ2v) is 7.68. The van der Waals surface area contributed by atoms with E-state index in [0.29, 0.717) is 11.3 Å². The van der Waals surface area contributed by atoms with Gasteiger partial charge in [-0.1, -0.05) is 18.2 Å². The van der Waals surface area contributed by atoms with Crippen LogP contribution in [0.3, 0.4) is 0 Å². The van der Waals surface area contributed by atoms with Gasteiger partial charge in [0.25, 0.3) is 5.91 Å². The highest BCUT2D eigenvalue weighted by atomic mass is 32.2. The molecule has 4 rings (SSSR count). The van der Waals surface area contributed by atoms with Crippen LogP contribution in [0.25, 0.3) is 22.6 Å². The maximum Gasteiger partial charge on any atom is 0.256 e. The predicted octanol–water partition coefficient (Wildman–Crippen LogP) is 3.03.